The second kappa shape index (κ2) is 3.05. The number of rotatable bonds is 1. The Bertz CT molecular complexity index is 250. The van der Waals surface area contributed by atoms with Gasteiger partial charge in [-0.2, -0.15) is 0 Å². The molecule has 0 atom stereocenters. The average Bonchev–Trinajstić information content (AvgIpc) is 1.85. The Morgan fingerprint density at radius 3 is 2.64 bits per heavy atom. The lowest BCUT2D eigenvalue weighted by molar-refractivity contribution is 0.275. The Kier molecular flexibility index (Phi) is 2.30. The molecule has 1 N–H and O–H groups in total. The minimum absolute atomic E-state index is 0.280. The molecule has 1 nitrogen and oxygen atoms in total. The van der Waals surface area contributed by atoms with Crippen molar-refractivity contribution in [2.24, 2.45) is 0 Å². The second-order valence-corrected chi connectivity index (χ2v) is 2.46. The zero-order valence-corrected chi connectivity index (χ0v) is 6.26. The molecule has 1 rings (SSSR count). The van der Waals surface area contributed by atoms with Crippen LogP contribution in [0.3, 0.4) is 0 Å². The molecule has 1 aromatic carbocycles. The van der Waals surface area contributed by atoms with Crippen molar-refractivity contribution in [3.63, 3.8) is 0 Å². The SMILES string of the molecule is [B]c1cc(C)c(CO)c(F)c1. The molecule has 0 saturated carbocycles. The van der Waals surface area contributed by atoms with Crippen molar-refractivity contribution in [3.8, 4) is 0 Å². The molecule has 0 aliphatic rings. The molecular weight excluding hydrogens is 142 g/mol. The van der Waals surface area contributed by atoms with Crippen LogP contribution < -0.4 is 5.46 Å². The van der Waals surface area contributed by atoms with Gasteiger partial charge in [-0.15, -0.1) is 0 Å². The Balaban J connectivity index is 3.25. The third-order valence-corrected chi connectivity index (χ3v) is 1.60. The van der Waals surface area contributed by atoms with Crippen LogP contribution in [-0.4, -0.2) is 13.0 Å². The van der Waals surface area contributed by atoms with E-state index in [9.17, 15) is 4.39 Å². The van der Waals surface area contributed by atoms with Crippen LogP contribution in [0.4, 0.5) is 4.39 Å². The Hall–Kier alpha value is -0.825. The number of hydrogen-bond donors (Lipinski definition) is 1. The fourth-order valence-corrected chi connectivity index (χ4v) is 1.00. The number of aliphatic hydroxyl groups excluding tert-OH is 1. The van der Waals surface area contributed by atoms with E-state index in [1.165, 1.54) is 6.07 Å². The predicted octanol–water partition coefficient (Wildman–Crippen LogP) is 0.420. The molecule has 0 aliphatic carbocycles. The van der Waals surface area contributed by atoms with Gasteiger partial charge < -0.3 is 5.11 Å². The first-order valence-corrected chi connectivity index (χ1v) is 3.30. The van der Waals surface area contributed by atoms with Gasteiger partial charge in [-0.3, -0.25) is 0 Å². The highest BCUT2D eigenvalue weighted by Gasteiger charge is 2.03. The third-order valence-electron chi connectivity index (χ3n) is 1.60. The van der Waals surface area contributed by atoms with E-state index < -0.39 is 5.82 Å². The van der Waals surface area contributed by atoms with Crippen LogP contribution in [0.5, 0.6) is 0 Å². The third kappa shape index (κ3) is 1.60. The Morgan fingerprint density at radius 1 is 1.55 bits per heavy atom. The molecule has 0 unspecified atom stereocenters. The maximum absolute atomic E-state index is 12.9. The van der Waals surface area contributed by atoms with E-state index in [1.54, 1.807) is 13.0 Å². The average molecular weight is 150 g/mol. The van der Waals surface area contributed by atoms with Crippen LogP contribution in [0.25, 0.3) is 0 Å². The van der Waals surface area contributed by atoms with E-state index in [2.05, 4.69) is 0 Å². The van der Waals surface area contributed by atoms with Gasteiger partial charge in [0.25, 0.3) is 0 Å². The first kappa shape index (κ1) is 8.27. The largest absolute Gasteiger partial charge is 0.392 e. The first-order valence-electron chi connectivity index (χ1n) is 3.30. The molecule has 0 fully saturated rings. The molecule has 0 saturated heterocycles. The zero-order chi connectivity index (χ0) is 8.43. The van der Waals surface area contributed by atoms with Gasteiger partial charge in [0, 0.05) is 5.56 Å². The lowest BCUT2D eigenvalue weighted by atomic mass is 9.92. The molecule has 0 amide bonds. The maximum Gasteiger partial charge on any atom is 0.128 e. The first-order chi connectivity index (χ1) is 5.15. The fourth-order valence-electron chi connectivity index (χ4n) is 1.00. The summed E-state index contributed by atoms with van der Waals surface area (Å²) in [6.45, 7) is 1.43. The summed E-state index contributed by atoms with van der Waals surface area (Å²) in [5.74, 6) is -0.440. The van der Waals surface area contributed by atoms with Crippen molar-refractivity contribution >= 4 is 13.3 Å². The number of hydrogen-bond acceptors (Lipinski definition) is 1. The fraction of sp³-hybridized carbons (Fsp3) is 0.250. The minimum atomic E-state index is -0.440. The van der Waals surface area contributed by atoms with E-state index in [1.807, 2.05) is 0 Å². The van der Waals surface area contributed by atoms with Crippen LogP contribution in [0.2, 0.25) is 0 Å². The summed E-state index contributed by atoms with van der Waals surface area (Å²) in [6, 6.07) is 2.84. The molecule has 1 aromatic rings. The van der Waals surface area contributed by atoms with Gasteiger partial charge in [0.05, 0.1) is 6.61 Å². The minimum Gasteiger partial charge on any atom is -0.392 e. The highest BCUT2D eigenvalue weighted by atomic mass is 19.1. The van der Waals surface area contributed by atoms with E-state index in [0.717, 1.165) is 0 Å². The number of halogens is 1. The summed E-state index contributed by atoms with van der Waals surface area (Å²) in [7, 11) is 5.36. The maximum atomic E-state index is 12.9. The van der Waals surface area contributed by atoms with Crippen LogP contribution in [0, 0.1) is 12.7 Å². The number of benzene rings is 1. The van der Waals surface area contributed by atoms with Crippen LogP contribution in [0.1, 0.15) is 11.1 Å². The van der Waals surface area contributed by atoms with Crippen molar-refractivity contribution < 1.29 is 9.50 Å². The second-order valence-electron chi connectivity index (χ2n) is 2.46. The number of aryl methyl sites for hydroxylation is 1. The molecule has 0 aromatic heterocycles. The normalized spacial score (nSPS) is 10.1. The topological polar surface area (TPSA) is 20.2 Å². The zero-order valence-electron chi connectivity index (χ0n) is 6.26. The molecule has 0 spiro atoms. The summed E-state index contributed by atoms with van der Waals surface area (Å²) < 4.78 is 12.9. The van der Waals surface area contributed by atoms with Gasteiger partial charge in [0.1, 0.15) is 13.7 Å². The van der Waals surface area contributed by atoms with Crippen LogP contribution in [-0.2, 0) is 6.61 Å². The summed E-state index contributed by atoms with van der Waals surface area (Å²) in [5, 5.41) is 8.71. The summed E-state index contributed by atoms with van der Waals surface area (Å²) >= 11 is 0. The number of aliphatic hydroxyl groups is 1. The van der Waals surface area contributed by atoms with Crippen molar-refractivity contribution in [1.29, 1.82) is 0 Å². The standard InChI is InChI=1S/C8H8BFO/c1-5-2-6(9)3-8(10)7(5)4-11/h2-3,11H,4H2,1H3. The van der Waals surface area contributed by atoms with Crippen LogP contribution in [0.15, 0.2) is 12.1 Å². The molecule has 2 radical (unpaired) electrons. The van der Waals surface area contributed by atoms with E-state index in [-0.39, 0.29) is 6.61 Å². The molecular formula is C8H8BFO. The molecule has 11 heavy (non-hydrogen) atoms. The van der Waals surface area contributed by atoms with Gasteiger partial charge in [-0.05, 0) is 18.6 Å². The monoisotopic (exact) mass is 150 g/mol. The van der Waals surface area contributed by atoms with Crippen molar-refractivity contribution in [2.45, 2.75) is 13.5 Å². The van der Waals surface area contributed by atoms with Crippen molar-refractivity contribution in [1.82, 2.24) is 0 Å². The lowest BCUT2D eigenvalue weighted by Gasteiger charge is -2.04. The lowest BCUT2D eigenvalue weighted by Crippen LogP contribution is -2.07. The van der Waals surface area contributed by atoms with E-state index in [4.69, 9.17) is 13.0 Å². The Morgan fingerprint density at radius 2 is 2.18 bits per heavy atom. The summed E-state index contributed by atoms with van der Waals surface area (Å²) in [5.41, 5.74) is 1.39. The van der Waals surface area contributed by atoms with Gasteiger partial charge in [0.2, 0.25) is 0 Å². The van der Waals surface area contributed by atoms with Gasteiger partial charge in [-0.1, -0.05) is 11.5 Å². The van der Waals surface area contributed by atoms with Crippen molar-refractivity contribution in [2.75, 3.05) is 0 Å². The highest BCUT2D eigenvalue weighted by Crippen LogP contribution is 2.10. The molecule has 3 heteroatoms. The van der Waals surface area contributed by atoms with Crippen molar-refractivity contribution in [3.05, 3.63) is 29.1 Å². The molecule has 0 aliphatic heterocycles. The molecule has 0 bridgehead atoms. The smallest absolute Gasteiger partial charge is 0.128 e. The summed E-state index contributed by atoms with van der Waals surface area (Å²) in [4.78, 5) is 0. The predicted molar refractivity (Wildman–Crippen MR) is 42.4 cm³/mol. The van der Waals surface area contributed by atoms with E-state index >= 15 is 0 Å². The highest BCUT2D eigenvalue weighted by molar-refractivity contribution is 6.32. The van der Waals surface area contributed by atoms with Gasteiger partial charge in [-0.25, -0.2) is 4.39 Å². The molecule has 0 heterocycles. The quantitative estimate of drug-likeness (QED) is 0.575. The Labute approximate surface area is 66.3 Å². The molecule has 56 valence electrons. The van der Waals surface area contributed by atoms with E-state index in [0.29, 0.717) is 16.6 Å². The van der Waals surface area contributed by atoms with Gasteiger partial charge in [0.15, 0.2) is 0 Å². The van der Waals surface area contributed by atoms with Crippen LogP contribution >= 0.6 is 0 Å². The summed E-state index contributed by atoms with van der Waals surface area (Å²) in [6.07, 6.45) is 0. The van der Waals surface area contributed by atoms with Gasteiger partial charge >= 0.3 is 0 Å².